The maximum Gasteiger partial charge on any atom is 0.317 e. The number of nitrogens with one attached hydrogen (secondary N) is 2. The van der Waals surface area contributed by atoms with Crippen molar-refractivity contribution >= 4 is 11.8 Å². The molecule has 1 fully saturated rings. The number of rotatable bonds is 5. The molecule has 2 N–H and O–H groups in total. The van der Waals surface area contributed by atoms with Gasteiger partial charge in [0.15, 0.2) is 0 Å². The first-order valence-electron chi connectivity index (χ1n) is 7.55. The van der Waals surface area contributed by atoms with Crippen LogP contribution in [-0.2, 0) is 17.7 Å². The monoisotopic (exact) mass is 327 g/mol. The molecule has 1 aliphatic carbocycles. The van der Waals surface area contributed by atoms with Gasteiger partial charge in [-0.2, -0.15) is 5.10 Å². The largest absolute Gasteiger partial charge is 0.372 e. The molecule has 2 aliphatic rings. The molecule has 0 radical (unpaired) electrons. The predicted molar refractivity (Wildman–Crippen MR) is 78.4 cm³/mol. The molecule has 0 aromatic carbocycles. The Hall–Kier alpha value is -2.03. The van der Waals surface area contributed by atoms with Crippen molar-refractivity contribution in [2.24, 2.45) is 0 Å². The summed E-state index contributed by atoms with van der Waals surface area (Å²) >= 11 is 0. The van der Waals surface area contributed by atoms with Gasteiger partial charge in [-0.1, -0.05) is 0 Å². The quantitative estimate of drug-likeness (QED) is 0.789. The number of nitrogens with zero attached hydrogens (tertiary/aromatic N) is 3. The van der Waals surface area contributed by atoms with Crippen molar-refractivity contribution in [3.8, 4) is 0 Å². The van der Waals surface area contributed by atoms with Gasteiger partial charge in [-0.25, -0.2) is 13.6 Å². The highest BCUT2D eigenvalue weighted by atomic mass is 19.3. The SMILES string of the molecule is CNc1cc2c(nn1)CCN(C(=O)NCCOC1CC1(F)F)C2. The molecule has 9 heteroatoms. The van der Waals surface area contributed by atoms with E-state index in [1.807, 2.05) is 6.07 Å². The maximum atomic E-state index is 12.6. The Morgan fingerprint density at radius 3 is 3.00 bits per heavy atom. The number of halogens is 2. The summed E-state index contributed by atoms with van der Waals surface area (Å²) in [7, 11) is 1.76. The van der Waals surface area contributed by atoms with Gasteiger partial charge in [-0.15, -0.1) is 5.10 Å². The highest BCUT2D eigenvalue weighted by Crippen LogP contribution is 2.44. The van der Waals surface area contributed by atoms with Crippen LogP contribution in [0.5, 0.6) is 0 Å². The van der Waals surface area contributed by atoms with E-state index in [4.69, 9.17) is 4.74 Å². The number of carbonyl (C=O) groups is 1. The highest BCUT2D eigenvalue weighted by Gasteiger charge is 2.58. The number of anilines is 1. The number of alkyl halides is 2. The molecule has 1 aliphatic heterocycles. The summed E-state index contributed by atoms with van der Waals surface area (Å²) in [6.45, 7) is 1.30. The fourth-order valence-corrected chi connectivity index (χ4v) is 2.46. The van der Waals surface area contributed by atoms with Crippen LogP contribution in [0.25, 0.3) is 0 Å². The lowest BCUT2D eigenvalue weighted by atomic mass is 10.1. The molecule has 3 rings (SSSR count). The third kappa shape index (κ3) is 3.66. The maximum absolute atomic E-state index is 12.6. The highest BCUT2D eigenvalue weighted by molar-refractivity contribution is 5.74. The van der Waals surface area contributed by atoms with Crippen LogP contribution in [0, 0.1) is 0 Å². The Morgan fingerprint density at radius 2 is 2.30 bits per heavy atom. The van der Waals surface area contributed by atoms with Crippen molar-refractivity contribution in [2.45, 2.75) is 31.4 Å². The van der Waals surface area contributed by atoms with Gasteiger partial charge in [-0.3, -0.25) is 0 Å². The summed E-state index contributed by atoms with van der Waals surface area (Å²) in [5, 5.41) is 13.8. The van der Waals surface area contributed by atoms with Gasteiger partial charge >= 0.3 is 6.03 Å². The first kappa shape index (κ1) is 15.9. The molecule has 2 amide bonds. The first-order valence-corrected chi connectivity index (χ1v) is 7.55. The zero-order chi connectivity index (χ0) is 16.4. The number of carbonyl (C=O) groups excluding carboxylic acids is 1. The van der Waals surface area contributed by atoms with Crippen LogP contribution in [-0.4, -0.2) is 59.9 Å². The fourth-order valence-electron chi connectivity index (χ4n) is 2.46. The Bertz CT molecular complexity index is 599. The van der Waals surface area contributed by atoms with Crippen LogP contribution < -0.4 is 10.6 Å². The van der Waals surface area contributed by atoms with Crippen LogP contribution in [0.2, 0.25) is 0 Å². The normalized spacial score (nSPS) is 21.5. The lowest BCUT2D eigenvalue weighted by Gasteiger charge is -2.28. The van der Waals surface area contributed by atoms with Crippen molar-refractivity contribution in [3.05, 3.63) is 17.3 Å². The van der Waals surface area contributed by atoms with Crippen molar-refractivity contribution in [3.63, 3.8) is 0 Å². The molecule has 1 aromatic heterocycles. The molecule has 23 heavy (non-hydrogen) atoms. The van der Waals surface area contributed by atoms with E-state index in [1.165, 1.54) is 0 Å². The van der Waals surface area contributed by atoms with Gasteiger partial charge in [0, 0.05) is 39.5 Å². The summed E-state index contributed by atoms with van der Waals surface area (Å²) < 4.78 is 30.3. The summed E-state index contributed by atoms with van der Waals surface area (Å²) in [6.07, 6.45) is -0.566. The number of amides is 2. The summed E-state index contributed by atoms with van der Waals surface area (Å²) in [6, 6.07) is 1.64. The number of ether oxygens (including phenoxy) is 1. The van der Waals surface area contributed by atoms with E-state index in [9.17, 15) is 13.6 Å². The smallest absolute Gasteiger partial charge is 0.317 e. The van der Waals surface area contributed by atoms with E-state index in [1.54, 1.807) is 11.9 Å². The minimum Gasteiger partial charge on any atom is -0.372 e. The van der Waals surface area contributed by atoms with Crippen LogP contribution in [0.3, 0.4) is 0 Å². The Labute approximate surface area is 132 Å². The summed E-state index contributed by atoms with van der Waals surface area (Å²) in [5.41, 5.74) is 1.85. The Morgan fingerprint density at radius 1 is 1.52 bits per heavy atom. The van der Waals surface area contributed by atoms with Gasteiger partial charge in [0.2, 0.25) is 0 Å². The molecule has 2 heterocycles. The molecular formula is C14H19F2N5O2. The number of aromatic nitrogens is 2. The van der Waals surface area contributed by atoms with Crippen molar-refractivity contribution in [2.75, 3.05) is 32.1 Å². The second-order valence-corrected chi connectivity index (χ2v) is 5.68. The Balaban J connectivity index is 1.45. The Kier molecular flexibility index (Phi) is 4.29. The zero-order valence-electron chi connectivity index (χ0n) is 12.8. The predicted octanol–water partition coefficient (Wildman–Crippen LogP) is 1.01. The minimum absolute atomic E-state index is 0.0891. The molecule has 7 nitrogen and oxygen atoms in total. The van der Waals surface area contributed by atoms with Crippen molar-refractivity contribution in [1.82, 2.24) is 20.4 Å². The van der Waals surface area contributed by atoms with Crippen LogP contribution in [0.4, 0.5) is 19.4 Å². The molecule has 1 atom stereocenters. The van der Waals surface area contributed by atoms with Crippen LogP contribution >= 0.6 is 0 Å². The minimum atomic E-state index is -2.69. The van der Waals surface area contributed by atoms with Crippen molar-refractivity contribution < 1.29 is 18.3 Å². The van der Waals surface area contributed by atoms with Crippen molar-refractivity contribution in [1.29, 1.82) is 0 Å². The van der Waals surface area contributed by atoms with E-state index in [0.717, 1.165) is 11.3 Å². The zero-order valence-corrected chi connectivity index (χ0v) is 12.8. The fraction of sp³-hybridized carbons (Fsp3) is 0.643. The second-order valence-electron chi connectivity index (χ2n) is 5.68. The van der Waals surface area contributed by atoms with E-state index >= 15 is 0 Å². The number of hydrogen-bond donors (Lipinski definition) is 2. The van der Waals surface area contributed by atoms with E-state index < -0.39 is 12.0 Å². The molecule has 126 valence electrons. The second kappa shape index (κ2) is 6.23. The molecule has 0 saturated heterocycles. The van der Waals surface area contributed by atoms with Crippen LogP contribution in [0.1, 0.15) is 17.7 Å². The van der Waals surface area contributed by atoms with E-state index in [-0.39, 0.29) is 25.6 Å². The molecule has 0 bridgehead atoms. The molecule has 1 saturated carbocycles. The van der Waals surface area contributed by atoms with E-state index in [0.29, 0.717) is 25.3 Å². The van der Waals surface area contributed by atoms with Gasteiger partial charge in [0.25, 0.3) is 5.92 Å². The van der Waals surface area contributed by atoms with Gasteiger partial charge in [-0.05, 0) is 11.6 Å². The van der Waals surface area contributed by atoms with Gasteiger partial charge in [0.05, 0.1) is 12.3 Å². The molecule has 1 aromatic rings. The number of hydrogen-bond acceptors (Lipinski definition) is 5. The summed E-state index contributed by atoms with van der Waals surface area (Å²) in [5.74, 6) is -2.03. The van der Waals surface area contributed by atoms with E-state index in [2.05, 4.69) is 20.8 Å². The summed E-state index contributed by atoms with van der Waals surface area (Å²) in [4.78, 5) is 13.8. The average Bonchev–Trinajstić information content (AvgIpc) is 3.17. The standard InChI is InChI=1S/C14H19F2N5O2/c1-17-12-6-9-8-21(4-2-10(9)19-20-12)13(22)18-3-5-23-11-7-14(11,15)16/h6,11H,2-5,7-8H2,1H3,(H,17,20)(H,18,22). The molecule has 1 unspecified atom stereocenters. The topological polar surface area (TPSA) is 79.4 Å². The first-order chi connectivity index (χ1) is 11.0. The molecule has 0 spiro atoms. The third-order valence-electron chi connectivity index (χ3n) is 3.95. The van der Waals surface area contributed by atoms with Gasteiger partial charge < -0.3 is 20.3 Å². The number of fused-ring (bicyclic) bond motifs is 1. The van der Waals surface area contributed by atoms with Gasteiger partial charge in [0.1, 0.15) is 11.9 Å². The number of urea groups is 1. The lowest BCUT2D eigenvalue weighted by Crippen LogP contribution is -2.44. The molecular weight excluding hydrogens is 308 g/mol. The van der Waals surface area contributed by atoms with Crippen LogP contribution in [0.15, 0.2) is 6.07 Å². The third-order valence-corrected chi connectivity index (χ3v) is 3.95. The average molecular weight is 327 g/mol. The lowest BCUT2D eigenvalue weighted by molar-refractivity contribution is 0.0147.